The zero-order chi connectivity index (χ0) is 14.1. The van der Waals surface area contributed by atoms with Gasteiger partial charge in [-0.05, 0) is 23.8 Å². The number of hydrogen-bond acceptors (Lipinski definition) is 4. The maximum atomic E-state index is 11.5. The highest BCUT2D eigenvalue weighted by Crippen LogP contribution is 2.27. The lowest BCUT2D eigenvalue weighted by Crippen LogP contribution is -2.24. The maximum absolute atomic E-state index is 11.5. The van der Waals surface area contributed by atoms with E-state index in [2.05, 4.69) is 5.32 Å². The molecule has 5 heteroatoms. The monoisotopic (exact) mass is 265 g/mol. The smallest absolute Gasteiger partial charge is 0.244 e. The lowest BCUT2D eigenvalue weighted by molar-refractivity contribution is -0.116. The molecule has 104 valence electrons. The predicted molar refractivity (Wildman–Crippen MR) is 73.5 cm³/mol. The SMILES string of the molecule is COCCNC(=O)/C=C/c1ccc(OC)c(OC)c1. The van der Waals surface area contributed by atoms with Crippen LogP contribution in [-0.4, -0.2) is 40.4 Å². The molecule has 1 aromatic carbocycles. The first kappa shape index (κ1) is 15.0. The molecule has 0 saturated heterocycles. The minimum absolute atomic E-state index is 0.160. The van der Waals surface area contributed by atoms with Gasteiger partial charge in [-0.3, -0.25) is 4.79 Å². The van der Waals surface area contributed by atoms with Gasteiger partial charge in [0.15, 0.2) is 11.5 Å². The first-order chi connectivity index (χ1) is 9.21. The Morgan fingerprint density at radius 3 is 2.58 bits per heavy atom. The lowest BCUT2D eigenvalue weighted by Gasteiger charge is -2.07. The van der Waals surface area contributed by atoms with Crippen LogP contribution in [0.4, 0.5) is 0 Å². The van der Waals surface area contributed by atoms with Gasteiger partial charge in [0.1, 0.15) is 0 Å². The van der Waals surface area contributed by atoms with Crippen molar-refractivity contribution >= 4 is 12.0 Å². The van der Waals surface area contributed by atoms with Crippen molar-refractivity contribution in [3.05, 3.63) is 29.8 Å². The Morgan fingerprint density at radius 2 is 1.95 bits per heavy atom. The van der Waals surface area contributed by atoms with E-state index in [0.717, 1.165) is 5.56 Å². The summed E-state index contributed by atoms with van der Waals surface area (Å²) in [5, 5.41) is 2.70. The fraction of sp³-hybridized carbons (Fsp3) is 0.357. The summed E-state index contributed by atoms with van der Waals surface area (Å²) in [6.45, 7) is 0.988. The van der Waals surface area contributed by atoms with E-state index in [9.17, 15) is 4.79 Å². The second-order valence-electron chi connectivity index (χ2n) is 3.73. The quantitative estimate of drug-likeness (QED) is 0.599. The van der Waals surface area contributed by atoms with Crippen molar-refractivity contribution in [2.24, 2.45) is 0 Å². The van der Waals surface area contributed by atoms with Crippen LogP contribution in [0.2, 0.25) is 0 Å². The third-order valence-electron chi connectivity index (χ3n) is 2.44. The van der Waals surface area contributed by atoms with Crippen molar-refractivity contribution < 1.29 is 19.0 Å². The largest absolute Gasteiger partial charge is 0.493 e. The summed E-state index contributed by atoms with van der Waals surface area (Å²) in [6, 6.07) is 5.44. The highest BCUT2D eigenvalue weighted by atomic mass is 16.5. The fourth-order valence-electron chi connectivity index (χ4n) is 1.46. The summed E-state index contributed by atoms with van der Waals surface area (Å²) in [6.07, 6.45) is 3.18. The molecule has 5 nitrogen and oxygen atoms in total. The molecule has 0 atom stereocenters. The van der Waals surface area contributed by atoms with Crippen LogP contribution in [0, 0.1) is 0 Å². The van der Waals surface area contributed by atoms with Crippen molar-refractivity contribution in [1.29, 1.82) is 0 Å². The number of carbonyl (C=O) groups excluding carboxylic acids is 1. The second-order valence-corrected chi connectivity index (χ2v) is 3.73. The molecule has 1 amide bonds. The number of hydrogen-bond donors (Lipinski definition) is 1. The molecule has 1 aromatic rings. The molecule has 0 aromatic heterocycles. The first-order valence-corrected chi connectivity index (χ1v) is 5.88. The Morgan fingerprint density at radius 1 is 1.21 bits per heavy atom. The van der Waals surface area contributed by atoms with Gasteiger partial charge in [-0.25, -0.2) is 0 Å². The molecular formula is C14H19NO4. The molecule has 0 spiro atoms. The van der Waals surface area contributed by atoms with Crippen molar-refractivity contribution in [3.63, 3.8) is 0 Å². The van der Waals surface area contributed by atoms with Gasteiger partial charge in [0.05, 0.1) is 20.8 Å². The fourth-order valence-corrected chi connectivity index (χ4v) is 1.46. The molecular weight excluding hydrogens is 246 g/mol. The number of amides is 1. The van der Waals surface area contributed by atoms with Crippen LogP contribution >= 0.6 is 0 Å². The molecule has 0 fully saturated rings. The van der Waals surface area contributed by atoms with Crippen LogP contribution < -0.4 is 14.8 Å². The van der Waals surface area contributed by atoms with Crippen LogP contribution in [0.15, 0.2) is 24.3 Å². The third kappa shape index (κ3) is 5.01. The van der Waals surface area contributed by atoms with E-state index in [1.165, 1.54) is 6.08 Å². The maximum Gasteiger partial charge on any atom is 0.244 e. The van der Waals surface area contributed by atoms with Crippen LogP contribution in [-0.2, 0) is 9.53 Å². The van der Waals surface area contributed by atoms with Crippen molar-refractivity contribution in [2.45, 2.75) is 0 Å². The van der Waals surface area contributed by atoms with E-state index < -0.39 is 0 Å². The van der Waals surface area contributed by atoms with Gasteiger partial charge in [-0.15, -0.1) is 0 Å². The summed E-state index contributed by atoms with van der Waals surface area (Å²) in [4.78, 5) is 11.5. The summed E-state index contributed by atoms with van der Waals surface area (Å²) < 4.78 is 15.2. The van der Waals surface area contributed by atoms with E-state index >= 15 is 0 Å². The number of ether oxygens (including phenoxy) is 3. The Labute approximate surface area is 113 Å². The predicted octanol–water partition coefficient (Wildman–Crippen LogP) is 1.48. The molecule has 0 bridgehead atoms. The van der Waals surface area contributed by atoms with Crippen molar-refractivity contribution in [3.8, 4) is 11.5 Å². The molecule has 19 heavy (non-hydrogen) atoms. The standard InChI is InChI=1S/C14H19NO4/c1-17-9-8-15-14(16)7-5-11-4-6-12(18-2)13(10-11)19-3/h4-7,10H,8-9H2,1-3H3,(H,15,16)/b7-5+. The third-order valence-corrected chi connectivity index (χ3v) is 2.44. The number of rotatable bonds is 7. The molecule has 0 aliphatic heterocycles. The number of carbonyl (C=O) groups is 1. The summed E-state index contributed by atoms with van der Waals surface area (Å²) in [5.74, 6) is 1.13. The zero-order valence-corrected chi connectivity index (χ0v) is 11.4. The van der Waals surface area contributed by atoms with Gasteiger partial charge in [0, 0.05) is 19.7 Å². The van der Waals surface area contributed by atoms with E-state index in [0.29, 0.717) is 24.7 Å². The normalized spacial score (nSPS) is 10.5. The Balaban J connectivity index is 2.63. The summed E-state index contributed by atoms with van der Waals surface area (Å²) in [5.41, 5.74) is 0.861. The van der Waals surface area contributed by atoms with Crippen LogP contribution in [0.25, 0.3) is 6.08 Å². The van der Waals surface area contributed by atoms with Gasteiger partial charge in [-0.2, -0.15) is 0 Å². The zero-order valence-electron chi connectivity index (χ0n) is 11.4. The van der Waals surface area contributed by atoms with Gasteiger partial charge in [-0.1, -0.05) is 6.07 Å². The van der Waals surface area contributed by atoms with Crippen molar-refractivity contribution in [1.82, 2.24) is 5.32 Å². The average Bonchev–Trinajstić information content (AvgIpc) is 2.45. The van der Waals surface area contributed by atoms with Crippen LogP contribution in [0.5, 0.6) is 11.5 Å². The Kier molecular flexibility index (Phi) is 6.46. The molecule has 0 saturated carbocycles. The van der Waals surface area contributed by atoms with E-state index in [4.69, 9.17) is 14.2 Å². The number of nitrogens with one attached hydrogen (secondary N) is 1. The lowest BCUT2D eigenvalue weighted by atomic mass is 10.2. The number of benzene rings is 1. The minimum atomic E-state index is -0.160. The first-order valence-electron chi connectivity index (χ1n) is 5.88. The van der Waals surface area contributed by atoms with Gasteiger partial charge in [0.25, 0.3) is 0 Å². The highest BCUT2D eigenvalue weighted by molar-refractivity contribution is 5.91. The molecule has 1 N–H and O–H groups in total. The molecule has 1 rings (SSSR count). The molecule has 0 aliphatic rings. The van der Waals surface area contributed by atoms with E-state index in [1.54, 1.807) is 39.5 Å². The van der Waals surface area contributed by atoms with E-state index in [1.807, 2.05) is 6.07 Å². The topological polar surface area (TPSA) is 56.8 Å². The molecule has 0 aliphatic carbocycles. The van der Waals surface area contributed by atoms with Crippen LogP contribution in [0.3, 0.4) is 0 Å². The molecule has 0 radical (unpaired) electrons. The highest BCUT2D eigenvalue weighted by Gasteiger charge is 2.03. The molecule has 0 heterocycles. The van der Waals surface area contributed by atoms with Gasteiger partial charge < -0.3 is 19.5 Å². The summed E-state index contributed by atoms with van der Waals surface area (Å²) in [7, 11) is 4.74. The van der Waals surface area contributed by atoms with Crippen molar-refractivity contribution in [2.75, 3.05) is 34.5 Å². The number of methoxy groups -OCH3 is 3. The molecule has 0 unspecified atom stereocenters. The Bertz CT molecular complexity index is 443. The van der Waals surface area contributed by atoms with Crippen LogP contribution in [0.1, 0.15) is 5.56 Å². The average molecular weight is 265 g/mol. The minimum Gasteiger partial charge on any atom is -0.493 e. The van der Waals surface area contributed by atoms with Gasteiger partial charge in [0.2, 0.25) is 5.91 Å². The second kappa shape index (κ2) is 8.16. The summed E-state index contributed by atoms with van der Waals surface area (Å²) >= 11 is 0. The van der Waals surface area contributed by atoms with Gasteiger partial charge >= 0.3 is 0 Å². The Hall–Kier alpha value is -2.01. The van der Waals surface area contributed by atoms with E-state index in [-0.39, 0.29) is 5.91 Å².